The first kappa shape index (κ1) is 17.1. The molecule has 0 bridgehead atoms. The summed E-state index contributed by atoms with van der Waals surface area (Å²) in [6.45, 7) is 5.92. The number of thiazole rings is 1. The lowest BCUT2D eigenvalue weighted by molar-refractivity contribution is -0.140. The number of para-hydroxylation sites is 1. The van der Waals surface area contributed by atoms with Gasteiger partial charge in [-0.25, -0.2) is 4.98 Å². The number of esters is 1. The Hall–Kier alpha value is -2.21. The summed E-state index contributed by atoms with van der Waals surface area (Å²) in [5.74, 6) is -0.472. The summed E-state index contributed by atoms with van der Waals surface area (Å²) in [7, 11) is 1.35. The molecule has 0 aliphatic rings. The van der Waals surface area contributed by atoms with Gasteiger partial charge < -0.3 is 9.64 Å². The van der Waals surface area contributed by atoms with E-state index in [9.17, 15) is 9.59 Å². The third-order valence-corrected chi connectivity index (χ3v) is 4.58. The fraction of sp³-hybridized carbons (Fsp3) is 0.353. The lowest BCUT2D eigenvalue weighted by Crippen LogP contribution is -2.33. The molecule has 0 atom stereocenters. The average Bonchev–Trinajstić information content (AvgIpc) is 2.87. The van der Waals surface area contributed by atoms with Crippen molar-refractivity contribution in [1.29, 1.82) is 0 Å². The van der Waals surface area contributed by atoms with Gasteiger partial charge in [-0.3, -0.25) is 9.59 Å². The molecule has 0 spiro atoms. The maximum Gasteiger partial charge on any atom is 0.307 e. The number of amides is 1. The van der Waals surface area contributed by atoms with Crippen LogP contribution in [-0.4, -0.2) is 30.5 Å². The van der Waals surface area contributed by atoms with E-state index in [1.165, 1.54) is 18.4 Å². The molecule has 23 heavy (non-hydrogen) atoms. The summed E-state index contributed by atoms with van der Waals surface area (Å²) in [5.41, 5.74) is 2.49. The normalized spacial score (nSPS) is 10.4. The molecule has 1 aromatic heterocycles. The first-order valence-corrected chi connectivity index (χ1v) is 8.14. The highest BCUT2D eigenvalue weighted by Crippen LogP contribution is 2.25. The van der Waals surface area contributed by atoms with Crippen molar-refractivity contribution in [2.24, 2.45) is 0 Å². The third-order valence-electron chi connectivity index (χ3n) is 3.52. The van der Waals surface area contributed by atoms with Crippen molar-refractivity contribution >= 4 is 28.9 Å². The summed E-state index contributed by atoms with van der Waals surface area (Å²) in [5, 5.41) is 0.851. The number of carbonyl (C=O) groups is 2. The molecule has 0 unspecified atom stereocenters. The van der Waals surface area contributed by atoms with Gasteiger partial charge in [-0.1, -0.05) is 18.2 Å². The lowest BCUT2D eigenvalue weighted by atomic mass is 10.1. The summed E-state index contributed by atoms with van der Waals surface area (Å²) < 4.78 is 4.69. The van der Waals surface area contributed by atoms with Crippen LogP contribution in [0.15, 0.2) is 24.3 Å². The molecule has 1 aromatic carbocycles. The third kappa shape index (κ3) is 3.96. The first-order valence-electron chi connectivity index (χ1n) is 7.32. The Bertz CT molecular complexity index is 724. The van der Waals surface area contributed by atoms with Crippen LogP contribution in [0, 0.1) is 20.8 Å². The number of rotatable bonds is 5. The van der Waals surface area contributed by atoms with Crippen molar-refractivity contribution in [3.63, 3.8) is 0 Å². The van der Waals surface area contributed by atoms with Crippen LogP contribution in [0.25, 0.3) is 0 Å². The zero-order valence-electron chi connectivity index (χ0n) is 13.8. The molecular weight excluding hydrogens is 312 g/mol. The van der Waals surface area contributed by atoms with Gasteiger partial charge in [0.25, 0.3) is 5.91 Å². The van der Waals surface area contributed by atoms with E-state index in [0.717, 1.165) is 16.3 Å². The quantitative estimate of drug-likeness (QED) is 0.789. The summed E-state index contributed by atoms with van der Waals surface area (Å²) in [6, 6.07) is 7.63. The smallest absolute Gasteiger partial charge is 0.307 e. The number of carbonyl (C=O) groups excluding carboxylic acids is 2. The van der Waals surface area contributed by atoms with Crippen LogP contribution < -0.4 is 4.90 Å². The number of aryl methyl sites for hydroxylation is 3. The Kier molecular flexibility index (Phi) is 5.50. The maximum absolute atomic E-state index is 13.0. The van der Waals surface area contributed by atoms with Crippen molar-refractivity contribution in [3.8, 4) is 0 Å². The van der Waals surface area contributed by atoms with Crippen molar-refractivity contribution in [2.75, 3.05) is 18.6 Å². The Labute approximate surface area is 139 Å². The van der Waals surface area contributed by atoms with Gasteiger partial charge >= 0.3 is 5.97 Å². The summed E-state index contributed by atoms with van der Waals surface area (Å²) in [4.78, 5) is 31.0. The van der Waals surface area contributed by atoms with Crippen molar-refractivity contribution in [3.05, 3.63) is 45.4 Å². The predicted molar refractivity (Wildman–Crippen MR) is 91.1 cm³/mol. The molecule has 0 N–H and O–H groups in total. The van der Waals surface area contributed by atoms with E-state index in [-0.39, 0.29) is 24.8 Å². The molecule has 122 valence electrons. The zero-order chi connectivity index (χ0) is 17.0. The molecule has 5 nitrogen and oxygen atoms in total. The average molecular weight is 332 g/mol. The van der Waals surface area contributed by atoms with E-state index in [1.807, 2.05) is 45.0 Å². The fourth-order valence-electron chi connectivity index (χ4n) is 2.36. The van der Waals surface area contributed by atoms with E-state index in [4.69, 9.17) is 4.74 Å². The van der Waals surface area contributed by atoms with Crippen LogP contribution in [-0.2, 0) is 9.53 Å². The van der Waals surface area contributed by atoms with Crippen LogP contribution in [0.2, 0.25) is 0 Å². The molecule has 2 rings (SSSR count). The monoisotopic (exact) mass is 332 g/mol. The van der Waals surface area contributed by atoms with Crippen LogP contribution >= 0.6 is 11.3 Å². The van der Waals surface area contributed by atoms with E-state index in [2.05, 4.69) is 4.98 Å². The van der Waals surface area contributed by atoms with E-state index in [0.29, 0.717) is 10.6 Å². The number of hydrogen-bond acceptors (Lipinski definition) is 5. The molecule has 0 aliphatic heterocycles. The Morgan fingerprint density at radius 2 is 1.91 bits per heavy atom. The molecule has 2 aromatic rings. The minimum atomic E-state index is -0.339. The van der Waals surface area contributed by atoms with Crippen molar-refractivity contribution < 1.29 is 14.3 Å². The molecule has 6 heteroatoms. The lowest BCUT2D eigenvalue weighted by Gasteiger charge is -2.23. The Morgan fingerprint density at radius 1 is 1.22 bits per heavy atom. The minimum absolute atomic E-state index is 0.133. The summed E-state index contributed by atoms with van der Waals surface area (Å²) in [6.07, 6.45) is 0.146. The van der Waals surface area contributed by atoms with Crippen LogP contribution in [0.5, 0.6) is 0 Å². The topological polar surface area (TPSA) is 59.5 Å². The number of benzene rings is 1. The first-order chi connectivity index (χ1) is 10.9. The molecule has 1 heterocycles. The number of methoxy groups -OCH3 is 1. The highest BCUT2D eigenvalue weighted by molar-refractivity contribution is 7.13. The van der Waals surface area contributed by atoms with Gasteiger partial charge in [-0.2, -0.15) is 0 Å². The predicted octanol–water partition coefficient (Wildman–Crippen LogP) is 3.28. The second kappa shape index (κ2) is 7.37. The van der Waals surface area contributed by atoms with Crippen molar-refractivity contribution in [2.45, 2.75) is 27.2 Å². The second-order valence-corrected chi connectivity index (χ2v) is 6.42. The molecular formula is C17H20N2O3S. The molecule has 0 fully saturated rings. The van der Waals surface area contributed by atoms with Gasteiger partial charge in [-0.15, -0.1) is 11.3 Å². The number of aromatic nitrogens is 1. The van der Waals surface area contributed by atoms with Crippen LogP contribution in [0.1, 0.15) is 32.4 Å². The molecule has 0 saturated carbocycles. The summed E-state index contributed by atoms with van der Waals surface area (Å²) >= 11 is 1.37. The highest BCUT2D eigenvalue weighted by atomic mass is 32.1. The van der Waals surface area contributed by atoms with Gasteiger partial charge in [0.15, 0.2) is 0 Å². The molecule has 0 aliphatic carbocycles. The fourth-order valence-corrected chi connectivity index (χ4v) is 3.22. The van der Waals surface area contributed by atoms with E-state index in [1.54, 1.807) is 4.90 Å². The number of anilines is 1. The minimum Gasteiger partial charge on any atom is -0.469 e. The SMILES string of the molecule is COC(=O)CCN(C(=O)c1sc(C)nc1C)c1ccccc1C. The van der Waals surface area contributed by atoms with Gasteiger partial charge in [-0.05, 0) is 32.4 Å². The zero-order valence-corrected chi connectivity index (χ0v) is 14.6. The Balaban J connectivity index is 2.37. The standard InChI is InChI=1S/C17H20N2O3S/c1-11-7-5-6-8-14(11)19(10-9-15(20)22-4)17(21)16-12(2)18-13(3)23-16/h5-8H,9-10H2,1-4H3. The largest absolute Gasteiger partial charge is 0.469 e. The number of ether oxygens (including phenoxy) is 1. The van der Waals surface area contributed by atoms with Gasteiger partial charge in [0.05, 0.1) is 24.2 Å². The second-order valence-electron chi connectivity index (χ2n) is 5.22. The van der Waals surface area contributed by atoms with Crippen molar-refractivity contribution in [1.82, 2.24) is 4.98 Å². The molecule has 0 saturated heterocycles. The van der Waals surface area contributed by atoms with Gasteiger partial charge in [0.2, 0.25) is 0 Å². The number of nitrogens with zero attached hydrogens (tertiary/aromatic N) is 2. The highest BCUT2D eigenvalue weighted by Gasteiger charge is 2.24. The van der Waals surface area contributed by atoms with E-state index < -0.39 is 0 Å². The molecule has 0 radical (unpaired) electrons. The van der Waals surface area contributed by atoms with Crippen LogP contribution in [0.4, 0.5) is 5.69 Å². The van der Waals surface area contributed by atoms with Crippen LogP contribution in [0.3, 0.4) is 0 Å². The number of hydrogen-bond donors (Lipinski definition) is 0. The molecule has 1 amide bonds. The van der Waals surface area contributed by atoms with Gasteiger partial charge in [0.1, 0.15) is 4.88 Å². The van der Waals surface area contributed by atoms with E-state index >= 15 is 0 Å². The Morgan fingerprint density at radius 3 is 2.48 bits per heavy atom. The van der Waals surface area contributed by atoms with Gasteiger partial charge in [0, 0.05) is 12.2 Å². The maximum atomic E-state index is 13.0.